The van der Waals surface area contributed by atoms with E-state index in [2.05, 4.69) is 10.3 Å². The highest BCUT2D eigenvalue weighted by Crippen LogP contribution is 2.20. The molecule has 0 aliphatic carbocycles. The van der Waals surface area contributed by atoms with Gasteiger partial charge in [-0.3, -0.25) is 4.79 Å². The Balaban J connectivity index is 1.79. The number of aromatic nitrogens is 3. The van der Waals surface area contributed by atoms with Crippen molar-refractivity contribution in [1.82, 2.24) is 19.9 Å². The van der Waals surface area contributed by atoms with E-state index in [1.165, 1.54) is 0 Å². The zero-order chi connectivity index (χ0) is 13.9. The number of carbonyl (C=O) groups excluding carboxylic acids is 1. The molecular formula is C14H16N4O2. The first-order valence-corrected chi connectivity index (χ1v) is 6.68. The zero-order valence-corrected chi connectivity index (χ0v) is 11.0. The molecule has 0 unspecified atom stereocenters. The van der Waals surface area contributed by atoms with Crippen LogP contribution in [-0.4, -0.2) is 50.1 Å². The van der Waals surface area contributed by atoms with Crippen molar-refractivity contribution in [2.24, 2.45) is 0 Å². The first kappa shape index (κ1) is 12.8. The molecule has 20 heavy (non-hydrogen) atoms. The highest BCUT2D eigenvalue weighted by atomic mass is 16.3. The van der Waals surface area contributed by atoms with Gasteiger partial charge in [0.2, 0.25) is 0 Å². The summed E-state index contributed by atoms with van der Waals surface area (Å²) < 4.78 is 1.64. The van der Waals surface area contributed by atoms with Gasteiger partial charge < -0.3 is 10.0 Å². The minimum Gasteiger partial charge on any atom is -0.394 e. The van der Waals surface area contributed by atoms with E-state index >= 15 is 0 Å². The maximum Gasteiger partial charge on any atom is 0.254 e. The predicted molar refractivity (Wildman–Crippen MR) is 72.5 cm³/mol. The lowest BCUT2D eigenvalue weighted by Gasteiger charge is -2.23. The molecule has 1 N–H and O–H groups in total. The molecule has 6 nitrogen and oxygen atoms in total. The van der Waals surface area contributed by atoms with Crippen LogP contribution in [0.3, 0.4) is 0 Å². The molecule has 1 aromatic heterocycles. The SMILES string of the molecule is O=C(c1ccc(-n2ccnn2)cc1)N1CCC[C@H]1CO. The third-order valence-electron chi connectivity index (χ3n) is 3.65. The molecule has 1 saturated heterocycles. The van der Waals surface area contributed by atoms with Crippen LogP contribution in [0, 0.1) is 0 Å². The average Bonchev–Trinajstić information content (AvgIpc) is 3.17. The van der Waals surface area contributed by atoms with Gasteiger partial charge in [0.05, 0.1) is 30.7 Å². The molecule has 0 radical (unpaired) electrons. The summed E-state index contributed by atoms with van der Waals surface area (Å²) >= 11 is 0. The van der Waals surface area contributed by atoms with Crippen LogP contribution < -0.4 is 0 Å². The lowest BCUT2D eigenvalue weighted by Crippen LogP contribution is -2.37. The molecule has 1 aliphatic heterocycles. The van der Waals surface area contributed by atoms with Crippen LogP contribution >= 0.6 is 0 Å². The number of hydrogen-bond donors (Lipinski definition) is 1. The smallest absolute Gasteiger partial charge is 0.254 e. The fraction of sp³-hybridized carbons (Fsp3) is 0.357. The first-order valence-electron chi connectivity index (χ1n) is 6.68. The summed E-state index contributed by atoms with van der Waals surface area (Å²) in [5, 5.41) is 16.9. The summed E-state index contributed by atoms with van der Waals surface area (Å²) in [6, 6.07) is 7.20. The molecule has 1 aromatic carbocycles. The molecule has 2 aromatic rings. The van der Waals surface area contributed by atoms with Crippen molar-refractivity contribution in [2.75, 3.05) is 13.2 Å². The van der Waals surface area contributed by atoms with Crippen molar-refractivity contribution in [2.45, 2.75) is 18.9 Å². The number of likely N-dealkylation sites (tertiary alicyclic amines) is 1. The summed E-state index contributed by atoms with van der Waals surface area (Å²) in [6.45, 7) is 0.748. The lowest BCUT2D eigenvalue weighted by atomic mass is 10.1. The van der Waals surface area contributed by atoms with Gasteiger partial charge in [0.1, 0.15) is 0 Å². The van der Waals surface area contributed by atoms with E-state index in [0.717, 1.165) is 25.1 Å². The van der Waals surface area contributed by atoms with E-state index in [4.69, 9.17) is 0 Å². The van der Waals surface area contributed by atoms with Crippen molar-refractivity contribution in [1.29, 1.82) is 0 Å². The van der Waals surface area contributed by atoms with Gasteiger partial charge in [0.25, 0.3) is 5.91 Å². The fourth-order valence-electron chi connectivity index (χ4n) is 2.56. The van der Waals surface area contributed by atoms with E-state index in [-0.39, 0.29) is 18.6 Å². The Morgan fingerprint density at radius 1 is 1.35 bits per heavy atom. The topological polar surface area (TPSA) is 71.2 Å². The summed E-state index contributed by atoms with van der Waals surface area (Å²) in [6.07, 6.45) is 5.18. The van der Waals surface area contributed by atoms with Gasteiger partial charge in [-0.2, -0.15) is 0 Å². The highest BCUT2D eigenvalue weighted by Gasteiger charge is 2.28. The Morgan fingerprint density at radius 3 is 2.80 bits per heavy atom. The second-order valence-electron chi connectivity index (χ2n) is 4.87. The summed E-state index contributed by atoms with van der Waals surface area (Å²) in [4.78, 5) is 14.1. The van der Waals surface area contributed by atoms with E-state index in [1.54, 1.807) is 34.1 Å². The maximum absolute atomic E-state index is 12.4. The van der Waals surface area contributed by atoms with Crippen LogP contribution in [0.15, 0.2) is 36.7 Å². The molecule has 1 amide bonds. The van der Waals surface area contributed by atoms with Crippen LogP contribution in [0.25, 0.3) is 5.69 Å². The van der Waals surface area contributed by atoms with E-state index < -0.39 is 0 Å². The number of carbonyl (C=O) groups is 1. The quantitative estimate of drug-likeness (QED) is 0.899. The van der Waals surface area contributed by atoms with Gasteiger partial charge in [-0.1, -0.05) is 5.21 Å². The van der Waals surface area contributed by atoms with Gasteiger partial charge in [-0.25, -0.2) is 4.68 Å². The molecule has 104 valence electrons. The largest absolute Gasteiger partial charge is 0.394 e. The Morgan fingerprint density at radius 2 is 2.15 bits per heavy atom. The van der Waals surface area contributed by atoms with Crippen molar-refractivity contribution in [3.63, 3.8) is 0 Å². The number of nitrogens with zero attached hydrogens (tertiary/aromatic N) is 4. The zero-order valence-electron chi connectivity index (χ0n) is 11.0. The number of hydrogen-bond acceptors (Lipinski definition) is 4. The van der Waals surface area contributed by atoms with E-state index in [1.807, 2.05) is 12.1 Å². The third kappa shape index (κ3) is 2.30. The lowest BCUT2D eigenvalue weighted by molar-refractivity contribution is 0.0677. The minimum absolute atomic E-state index is 0.0216. The third-order valence-corrected chi connectivity index (χ3v) is 3.65. The Bertz CT molecular complexity index is 580. The molecule has 1 fully saturated rings. The van der Waals surface area contributed by atoms with Gasteiger partial charge >= 0.3 is 0 Å². The second kappa shape index (κ2) is 5.42. The standard InChI is InChI=1S/C14H16N4O2/c19-10-13-2-1-8-17(13)14(20)11-3-5-12(6-4-11)18-9-7-15-16-18/h3-7,9,13,19H,1-2,8,10H2/t13-/m0/s1. The van der Waals surface area contributed by atoms with Crippen LogP contribution in [0.4, 0.5) is 0 Å². The van der Waals surface area contributed by atoms with Crippen molar-refractivity contribution >= 4 is 5.91 Å². The number of aliphatic hydroxyl groups is 1. The molecular weight excluding hydrogens is 256 g/mol. The molecule has 0 saturated carbocycles. The Kier molecular flexibility index (Phi) is 3.47. The highest BCUT2D eigenvalue weighted by molar-refractivity contribution is 5.94. The average molecular weight is 272 g/mol. The Labute approximate surface area is 116 Å². The number of rotatable bonds is 3. The molecule has 0 bridgehead atoms. The summed E-state index contributed by atoms with van der Waals surface area (Å²) in [5.41, 5.74) is 1.49. The first-order chi connectivity index (χ1) is 9.79. The van der Waals surface area contributed by atoms with Crippen molar-refractivity contribution < 1.29 is 9.90 Å². The van der Waals surface area contributed by atoms with Crippen LogP contribution in [-0.2, 0) is 0 Å². The van der Waals surface area contributed by atoms with E-state index in [0.29, 0.717) is 5.56 Å². The van der Waals surface area contributed by atoms with Gasteiger partial charge in [0.15, 0.2) is 0 Å². The van der Waals surface area contributed by atoms with E-state index in [9.17, 15) is 9.90 Å². The molecule has 0 spiro atoms. The number of amides is 1. The molecule has 1 atom stereocenters. The van der Waals surface area contributed by atoms with Gasteiger partial charge in [-0.15, -0.1) is 5.10 Å². The fourth-order valence-corrected chi connectivity index (χ4v) is 2.56. The summed E-state index contributed by atoms with van der Waals surface area (Å²) in [5.74, 6) is -0.0216. The second-order valence-corrected chi connectivity index (χ2v) is 4.87. The molecule has 3 rings (SSSR count). The van der Waals surface area contributed by atoms with Crippen molar-refractivity contribution in [3.8, 4) is 5.69 Å². The Hall–Kier alpha value is -2.21. The minimum atomic E-state index is -0.0440. The molecule has 1 aliphatic rings. The summed E-state index contributed by atoms with van der Waals surface area (Å²) in [7, 11) is 0. The maximum atomic E-state index is 12.4. The molecule has 6 heteroatoms. The van der Waals surface area contributed by atoms with Gasteiger partial charge in [-0.05, 0) is 37.1 Å². The normalized spacial score (nSPS) is 18.4. The van der Waals surface area contributed by atoms with Gasteiger partial charge in [0, 0.05) is 12.1 Å². The number of benzene rings is 1. The molecule has 2 heterocycles. The monoisotopic (exact) mass is 272 g/mol. The van der Waals surface area contributed by atoms with Crippen LogP contribution in [0.2, 0.25) is 0 Å². The van der Waals surface area contributed by atoms with Crippen LogP contribution in [0.1, 0.15) is 23.2 Å². The van der Waals surface area contributed by atoms with Crippen LogP contribution in [0.5, 0.6) is 0 Å². The predicted octanol–water partition coefficient (Wildman–Crippen LogP) is 0.864. The number of aliphatic hydroxyl groups excluding tert-OH is 1. The van der Waals surface area contributed by atoms with Crippen molar-refractivity contribution in [3.05, 3.63) is 42.2 Å².